The molecule has 7 heteroatoms. The number of halogens is 1. The van der Waals surface area contributed by atoms with Crippen molar-refractivity contribution in [2.75, 3.05) is 17.6 Å². The summed E-state index contributed by atoms with van der Waals surface area (Å²) in [5, 5.41) is 6.03. The minimum atomic E-state index is 0.00398. The first-order valence-electron chi connectivity index (χ1n) is 4.46. The zero-order valence-corrected chi connectivity index (χ0v) is 8.58. The van der Waals surface area contributed by atoms with Crippen molar-refractivity contribution >= 4 is 29.1 Å². The number of carbonyl (C=O) groups excluding carboxylic acids is 1. The van der Waals surface area contributed by atoms with Gasteiger partial charge in [-0.3, -0.25) is 4.79 Å². The number of nitrogens with zero attached hydrogens (tertiary/aromatic N) is 2. The maximum Gasteiger partial charge on any atom is 0.222 e. The van der Waals surface area contributed by atoms with Crippen LogP contribution in [0.2, 0.25) is 5.02 Å². The Morgan fingerprint density at radius 2 is 2.40 bits per heavy atom. The lowest BCUT2D eigenvalue weighted by Gasteiger charge is -2.12. The third-order valence-corrected chi connectivity index (χ3v) is 2.51. The number of nitrogens with one attached hydrogen (secondary N) is 2. The predicted molar refractivity (Wildman–Crippen MR) is 56.5 cm³/mol. The van der Waals surface area contributed by atoms with Crippen LogP contribution in [-0.2, 0) is 4.79 Å². The van der Waals surface area contributed by atoms with Gasteiger partial charge in [-0.1, -0.05) is 11.6 Å². The highest BCUT2D eigenvalue weighted by molar-refractivity contribution is 6.35. The van der Waals surface area contributed by atoms with E-state index in [1.54, 1.807) is 0 Å². The van der Waals surface area contributed by atoms with E-state index in [4.69, 9.17) is 17.3 Å². The average Bonchev–Trinajstić information content (AvgIpc) is 2.59. The van der Waals surface area contributed by atoms with Crippen LogP contribution in [0.15, 0.2) is 6.33 Å². The number of amides is 1. The van der Waals surface area contributed by atoms with Crippen molar-refractivity contribution in [3.63, 3.8) is 0 Å². The molecular formula is C8H10ClN5O. The molecule has 0 spiro atoms. The number of nitrogen functional groups attached to an aromatic ring is 1. The molecule has 1 aliphatic rings. The van der Waals surface area contributed by atoms with E-state index in [2.05, 4.69) is 20.6 Å². The summed E-state index contributed by atoms with van der Waals surface area (Å²) in [7, 11) is 0. The van der Waals surface area contributed by atoms with E-state index in [1.807, 2.05) is 0 Å². The molecule has 0 aliphatic carbocycles. The maximum absolute atomic E-state index is 11.0. The first-order chi connectivity index (χ1) is 7.16. The van der Waals surface area contributed by atoms with Gasteiger partial charge in [0.05, 0.1) is 6.04 Å². The number of rotatable bonds is 2. The lowest BCUT2D eigenvalue weighted by atomic mass is 10.2. The van der Waals surface area contributed by atoms with Gasteiger partial charge < -0.3 is 16.4 Å². The molecule has 1 aromatic heterocycles. The number of hydrogen-bond acceptors (Lipinski definition) is 5. The molecule has 1 atom stereocenters. The van der Waals surface area contributed by atoms with E-state index in [0.29, 0.717) is 18.8 Å². The van der Waals surface area contributed by atoms with E-state index in [-0.39, 0.29) is 22.8 Å². The second kappa shape index (κ2) is 3.90. The molecule has 1 saturated heterocycles. The molecule has 0 bridgehead atoms. The molecule has 0 radical (unpaired) electrons. The molecule has 1 aromatic rings. The number of aromatic nitrogens is 2. The molecule has 2 rings (SSSR count). The highest BCUT2D eigenvalue weighted by Crippen LogP contribution is 2.24. The van der Waals surface area contributed by atoms with E-state index in [0.717, 1.165) is 0 Å². The Kier molecular flexibility index (Phi) is 2.59. The van der Waals surface area contributed by atoms with Crippen molar-refractivity contribution in [1.29, 1.82) is 0 Å². The molecule has 0 aromatic carbocycles. The summed E-state index contributed by atoms with van der Waals surface area (Å²) < 4.78 is 0. The number of nitrogens with two attached hydrogens (primary N) is 1. The Bertz CT molecular complexity index is 397. The Morgan fingerprint density at radius 3 is 3.07 bits per heavy atom. The van der Waals surface area contributed by atoms with E-state index in [9.17, 15) is 4.79 Å². The van der Waals surface area contributed by atoms with Gasteiger partial charge in [-0.25, -0.2) is 9.97 Å². The fourth-order valence-corrected chi connectivity index (χ4v) is 1.54. The van der Waals surface area contributed by atoms with Gasteiger partial charge in [0.1, 0.15) is 17.2 Å². The van der Waals surface area contributed by atoms with Crippen LogP contribution in [-0.4, -0.2) is 28.5 Å². The fourth-order valence-electron chi connectivity index (χ4n) is 1.38. The second-order valence-corrected chi connectivity index (χ2v) is 3.65. The highest BCUT2D eigenvalue weighted by Gasteiger charge is 2.22. The van der Waals surface area contributed by atoms with E-state index in [1.165, 1.54) is 6.33 Å². The first-order valence-corrected chi connectivity index (χ1v) is 4.84. The minimum absolute atomic E-state index is 0.00398. The lowest BCUT2D eigenvalue weighted by Crippen LogP contribution is -2.23. The normalized spacial score (nSPS) is 20.1. The van der Waals surface area contributed by atoms with Crippen molar-refractivity contribution in [3.05, 3.63) is 11.3 Å². The third-order valence-electron chi connectivity index (χ3n) is 2.13. The maximum atomic E-state index is 11.0. The first kappa shape index (κ1) is 9.97. The zero-order valence-electron chi connectivity index (χ0n) is 7.83. The minimum Gasteiger partial charge on any atom is -0.382 e. The molecule has 1 unspecified atom stereocenters. The SMILES string of the molecule is Nc1ncnc(NC2CNC(=O)C2)c1Cl. The molecule has 80 valence electrons. The standard InChI is InChI=1S/C8H10ClN5O/c9-6-7(10)12-3-13-8(6)14-4-1-5(15)11-2-4/h3-4H,1-2H2,(H,11,15)(H3,10,12,13,14). The Hall–Kier alpha value is -1.56. The Morgan fingerprint density at radius 1 is 1.60 bits per heavy atom. The van der Waals surface area contributed by atoms with Gasteiger partial charge in [0, 0.05) is 13.0 Å². The van der Waals surface area contributed by atoms with Gasteiger partial charge >= 0.3 is 0 Å². The van der Waals surface area contributed by atoms with Crippen molar-refractivity contribution in [2.45, 2.75) is 12.5 Å². The number of hydrogen-bond donors (Lipinski definition) is 3. The van der Waals surface area contributed by atoms with Crippen LogP contribution < -0.4 is 16.4 Å². The molecule has 4 N–H and O–H groups in total. The van der Waals surface area contributed by atoms with Crippen LogP contribution in [0, 0.1) is 0 Å². The third kappa shape index (κ3) is 2.10. The van der Waals surface area contributed by atoms with Crippen molar-refractivity contribution in [2.24, 2.45) is 0 Å². The zero-order chi connectivity index (χ0) is 10.8. The topological polar surface area (TPSA) is 92.9 Å². The quantitative estimate of drug-likeness (QED) is 0.662. The van der Waals surface area contributed by atoms with Gasteiger partial charge in [0.2, 0.25) is 5.91 Å². The summed E-state index contributed by atoms with van der Waals surface area (Å²) in [4.78, 5) is 18.6. The molecule has 1 aliphatic heterocycles. The largest absolute Gasteiger partial charge is 0.382 e. The second-order valence-electron chi connectivity index (χ2n) is 3.27. The van der Waals surface area contributed by atoms with Crippen LogP contribution in [0.3, 0.4) is 0 Å². The van der Waals surface area contributed by atoms with E-state index >= 15 is 0 Å². The number of carbonyl (C=O) groups is 1. The highest BCUT2D eigenvalue weighted by atomic mass is 35.5. The Labute approximate surface area is 91.2 Å². The van der Waals surface area contributed by atoms with E-state index < -0.39 is 0 Å². The summed E-state index contributed by atoms with van der Waals surface area (Å²) in [5.41, 5.74) is 5.52. The molecule has 0 saturated carbocycles. The van der Waals surface area contributed by atoms with Crippen molar-refractivity contribution in [1.82, 2.24) is 15.3 Å². The Balaban J connectivity index is 2.11. The smallest absolute Gasteiger partial charge is 0.222 e. The number of anilines is 2. The molecule has 1 fully saturated rings. The van der Waals surface area contributed by atoms with Gasteiger partial charge in [-0.2, -0.15) is 0 Å². The molecular weight excluding hydrogens is 218 g/mol. The van der Waals surface area contributed by atoms with Crippen molar-refractivity contribution in [3.8, 4) is 0 Å². The molecule has 1 amide bonds. The summed E-state index contributed by atoms with van der Waals surface area (Å²) >= 11 is 5.89. The summed E-state index contributed by atoms with van der Waals surface area (Å²) in [6.07, 6.45) is 1.74. The molecule has 15 heavy (non-hydrogen) atoms. The summed E-state index contributed by atoms with van der Waals surface area (Å²) in [5.74, 6) is 0.711. The monoisotopic (exact) mass is 227 g/mol. The summed E-state index contributed by atoms with van der Waals surface area (Å²) in [6.45, 7) is 0.569. The van der Waals surface area contributed by atoms with Crippen LogP contribution >= 0.6 is 11.6 Å². The van der Waals surface area contributed by atoms with Crippen LogP contribution in [0.1, 0.15) is 6.42 Å². The summed E-state index contributed by atoms with van der Waals surface area (Å²) in [6, 6.07) is 0.00398. The molecule has 6 nitrogen and oxygen atoms in total. The van der Waals surface area contributed by atoms with Gasteiger partial charge in [0.15, 0.2) is 5.82 Å². The molecule has 2 heterocycles. The van der Waals surface area contributed by atoms with Crippen LogP contribution in [0.25, 0.3) is 0 Å². The van der Waals surface area contributed by atoms with Gasteiger partial charge in [-0.15, -0.1) is 0 Å². The average molecular weight is 228 g/mol. The van der Waals surface area contributed by atoms with Crippen molar-refractivity contribution < 1.29 is 4.79 Å². The predicted octanol–water partition coefficient (Wildman–Crippen LogP) is 0.0126. The van der Waals surface area contributed by atoms with Gasteiger partial charge in [0.25, 0.3) is 0 Å². The van der Waals surface area contributed by atoms with Crippen LogP contribution in [0.5, 0.6) is 0 Å². The lowest BCUT2D eigenvalue weighted by molar-refractivity contribution is -0.119. The fraction of sp³-hybridized carbons (Fsp3) is 0.375. The van der Waals surface area contributed by atoms with Gasteiger partial charge in [-0.05, 0) is 0 Å². The van der Waals surface area contributed by atoms with Crippen LogP contribution in [0.4, 0.5) is 11.6 Å².